The molecular weight excluding hydrogens is 438 g/mol. The van der Waals surface area contributed by atoms with Crippen molar-refractivity contribution in [1.29, 1.82) is 0 Å². The minimum absolute atomic E-state index is 0.170. The molecule has 0 aliphatic carbocycles. The van der Waals surface area contributed by atoms with E-state index in [2.05, 4.69) is 0 Å². The summed E-state index contributed by atoms with van der Waals surface area (Å²) in [5, 5.41) is 0.224. The number of fused-ring (bicyclic) bond motifs is 1. The zero-order chi connectivity index (χ0) is 23.3. The van der Waals surface area contributed by atoms with Crippen LogP contribution in [-0.2, 0) is 22.5 Å². The molecule has 0 radical (unpaired) electrons. The van der Waals surface area contributed by atoms with Crippen LogP contribution in [0.5, 0.6) is 23.0 Å². The molecular formula is C23H26ClNO7. The molecule has 0 bridgehead atoms. The summed E-state index contributed by atoms with van der Waals surface area (Å²) in [6.45, 7) is 2.74. The predicted molar refractivity (Wildman–Crippen MR) is 118 cm³/mol. The number of esters is 1. The third-order valence-electron chi connectivity index (χ3n) is 5.15. The largest absolute Gasteiger partial charge is 0.493 e. The van der Waals surface area contributed by atoms with E-state index in [0.29, 0.717) is 49.1 Å². The monoisotopic (exact) mass is 463 g/mol. The number of hydrogen-bond acceptors (Lipinski definition) is 7. The summed E-state index contributed by atoms with van der Waals surface area (Å²) in [5.74, 6) is 0.962. The molecule has 1 heterocycles. The maximum absolute atomic E-state index is 12.7. The van der Waals surface area contributed by atoms with Gasteiger partial charge in [-0.3, -0.25) is 4.79 Å². The van der Waals surface area contributed by atoms with Gasteiger partial charge < -0.3 is 28.6 Å². The maximum atomic E-state index is 12.7. The average Bonchev–Trinajstić information content (AvgIpc) is 2.81. The van der Waals surface area contributed by atoms with Gasteiger partial charge in [0.25, 0.3) is 5.91 Å². The molecule has 9 heteroatoms. The lowest BCUT2D eigenvalue weighted by molar-refractivity contribution is -0.135. The van der Waals surface area contributed by atoms with Crippen LogP contribution < -0.4 is 18.9 Å². The molecule has 0 saturated heterocycles. The van der Waals surface area contributed by atoms with E-state index in [1.165, 1.54) is 19.2 Å². The standard InChI is InChI=1S/C23H26ClNO7/c1-5-31-22-17(24)8-15(10-20(22)30-4)23(27)32-13-21(26)25-7-6-14-9-18(28-2)19(29-3)11-16(14)12-25/h8-11H,5-7,12-13H2,1-4H3. The third kappa shape index (κ3) is 5.02. The van der Waals surface area contributed by atoms with Crippen LogP contribution in [0, 0.1) is 0 Å². The average molecular weight is 464 g/mol. The van der Waals surface area contributed by atoms with E-state index in [4.69, 9.17) is 35.3 Å². The van der Waals surface area contributed by atoms with Crippen molar-refractivity contribution in [1.82, 2.24) is 4.90 Å². The molecule has 0 aromatic heterocycles. The van der Waals surface area contributed by atoms with E-state index in [-0.39, 0.29) is 23.1 Å². The van der Waals surface area contributed by atoms with Gasteiger partial charge in [0.15, 0.2) is 29.6 Å². The van der Waals surface area contributed by atoms with Gasteiger partial charge in [0.2, 0.25) is 0 Å². The summed E-state index contributed by atoms with van der Waals surface area (Å²) in [4.78, 5) is 26.8. The summed E-state index contributed by atoms with van der Waals surface area (Å²) < 4.78 is 26.6. The highest BCUT2D eigenvalue weighted by Crippen LogP contribution is 2.37. The summed E-state index contributed by atoms with van der Waals surface area (Å²) in [7, 11) is 4.60. The van der Waals surface area contributed by atoms with E-state index in [9.17, 15) is 9.59 Å². The van der Waals surface area contributed by atoms with Gasteiger partial charge >= 0.3 is 5.97 Å². The highest BCUT2D eigenvalue weighted by molar-refractivity contribution is 6.32. The molecule has 0 unspecified atom stereocenters. The van der Waals surface area contributed by atoms with Crippen molar-refractivity contribution >= 4 is 23.5 Å². The molecule has 2 aromatic carbocycles. The molecule has 172 valence electrons. The van der Waals surface area contributed by atoms with Gasteiger partial charge in [0, 0.05) is 13.1 Å². The molecule has 32 heavy (non-hydrogen) atoms. The number of amides is 1. The number of nitrogens with zero attached hydrogens (tertiary/aromatic N) is 1. The van der Waals surface area contributed by atoms with Gasteiger partial charge in [0.05, 0.1) is 38.5 Å². The van der Waals surface area contributed by atoms with Crippen molar-refractivity contribution in [3.05, 3.63) is 46.0 Å². The van der Waals surface area contributed by atoms with Crippen LogP contribution >= 0.6 is 11.6 Å². The Hall–Kier alpha value is -3.13. The molecule has 2 aromatic rings. The van der Waals surface area contributed by atoms with Gasteiger partial charge in [-0.2, -0.15) is 0 Å². The van der Waals surface area contributed by atoms with E-state index in [1.54, 1.807) is 19.1 Å². The zero-order valence-electron chi connectivity index (χ0n) is 18.5. The number of hydrogen-bond donors (Lipinski definition) is 0. The van der Waals surface area contributed by atoms with Gasteiger partial charge in [-0.05, 0) is 48.7 Å². The Labute approximate surface area is 191 Å². The van der Waals surface area contributed by atoms with E-state index < -0.39 is 5.97 Å². The number of methoxy groups -OCH3 is 3. The Morgan fingerprint density at radius 1 is 0.969 bits per heavy atom. The van der Waals surface area contributed by atoms with Crippen molar-refractivity contribution in [3.8, 4) is 23.0 Å². The predicted octanol–water partition coefficient (Wildman–Crippen LogP) is 3.51. The lowest BCUT2D eigenvalue weighted by Crippen LogP contribution is -2.38. The van der Waals surface area contributed by atoms with E-state index in [0.717, 1.165) is 11.1 Å². The number of ether oxygens (including phenoxy) is 5. The van der Waals surface area contributed by atoms with Crippen LogP contribution in [0.1, 0.15) is 28.4 Å². The van der Waals surface area contributed by atoms with Crippen molar-refractivity contribution in [2.45, 2.75) is 19.9 Å². The van der Waals surface area contributed by atoms with E-state index in [1.807, 2.05) is 19.1 Å². The van der Waals surface area contributed by atoms with Crippen LogP contribution in [-0.4, -0.2) is 57.9 Å². The van der Waals surface area contributed by atoms with Crippen LogP contribution in [0.2, 0.25) is 5.02 Å². The first-order chi connectivity index (χ1) is 15.4. The Kier molecular flexibility index (Phi) is 7.69. The first-order valence-electron chi connectivity index (χ1n) is 10.1. The molecule has 8 nitrogen and oxygen atoms in total. The summed E-state index contributed by atoms with van der Waals surface area (Å²) in [6.07, 6.45) is 0.668. The van der Waals surface area contributed by atoms with Crippen LogP contribution in [0.25, 0.3) is 0 Å². The number of rotatable bonds is 8. The summed E-state index contributed by atoms with van der Waals surface area (Å²) >= 11 is 6.21. The molecule has 3 rings (SSSR count). The fourth-order valence-corrected chi connectivity index (χ4v) is 3.79. The topological polar surface area (TPSA) is 83.5 Å². The smallest absolute Gasteiger partial charge is 0.338 e. The minimum atomic E-state index is -0.676. The summed E-state index contributed by atoms with van der Waals surface area (Å²) in [5.41, 5.74) is 2.24. The maximum Gasteiger partial charge on any atom is 0.338 e. The number of carbonyl (C=O) groups excluding carboxylic acids is 2. The van der Waals surface area contributed by atoms with Crippen molar-refractivity contribution < 1.29 is 33.3 Å². The quantitative estimate of drug-likeness (QED) is 0.554. The zero-order valence-corrected chi connectivity index (χ0v) is 19.3. The SMILES string of the molecule is CCOc1c(Cl)cc(C(=O)OCC(=O)N2CCc3cc(OC)c(OC)cc3C2)cc1OC. The Morgan fingerprint density at radius 3 is 2.25 bits per heavy atom. The van der Waals surface area contributed by atoms with Crippen LogP contribution in [0.3, 0.4) is 0 Å². The Morgan fingerprint density at radius 2 is 1.62 bits per heavy atom. The lowest BCUT2D eigenvalue weighted by atomic mass is 9.99. The third-order valence-corrected chi connectivity index (χ3v) is 5.43. The first kappa shape index (κ1) is 23.5. The Balaban J connectivity index is 1.65. The first-order valence-corrected chi connectivity index (χ1v) is 10.5. The van der Waals surface area contributed by atoms with Crippen molar-refractivity contribution in [3.63, 3.8) is 0 Å². The molecule has 1 aliphatic heterocycles. The van der Waals surface area contributed by atoms with Crippen molar-refractivity contribution in [2.75, 3.05) is 41.1 Å². The second-order valence-electron chi connectivity index (χ2n) is 7.04. The van der Waals surface area contributed by atoms with Crippen LogP contribution in [0.15, 0.2) is 24.3 Å². The lowest BCUT2D eigenvalue weighted by Gasteiger charge is -2.29. The highest BCUT2D eigenvalue weighted by Gasteiger charge is 2.24. The van der Waals surface area contributed by atoms with Gasteiger partial charge in [0.1, 0.15) is 0 Å². The molecule has 1 amide bonds. The minimum Gasteiger partial charge on any atom is -0.493 e. The molecule has 0 atom stereocenters. The molecule has 0 N–H and O–H groups in total. The summed E-state index contributed by atoms with van der Waals surface area (Å²) in [6, 6.07) is 6.70. The molecule has 0 saturated carbocycles. The van der Waals surface area contributed by atoms with Gasteiger partial charge in [-0.25, -0.2) is 4.79 Å². The molecule has 0 spiro atoms. The number of benzene rings is 2. The van der Waals surface area contributed by atoms with Gasteiger partial charge in [-0.1, -0.05) is 11.6 Å². The Bertz CT molecular complexity index is 1010. The van der Waals surface area contributed by atoms with E-state index >= 15 is 0 Å². The number of carbonyl (C=O) groups is 2. The fraction of sp³-hybridized carbons (Fsp3) is 0.391. The second kappa shape index (κ2) is 10.5. The van der Waals surface area contributed by atoms with Crippen LogP contribution in [0.4, 0.5) is 0 Å². The molecule has 1 aliphatic rings. The fourth-order valence-electron chi connectivity index (χ4n) is 3.52. The highest BCUT2D eigenvalue weighted by atomic mass is 35.5. The normalized spacial score (nSPS) is 12.6. The van der Waals surface area contributed by atoms with Gasteiger partial charge in [-0.15, -0.1) is 0 Å². The van der Waals surface area contributed by atoms with Crippen molar-refractivity contribution in [2.24, 2.45) is 0 Å². The number of halogens is 1. The molecule has 0 fully saturated rings. The second-order valence-corrected chi connectivity index (χ2v) is 7.45.